The van der Waals surface area contributed by atoms with E-state index in [4.69, 9.17) is 10.00 Å². The lowest BCUT2D eigenvalue weighted by atomic mass is 9.85. The first-order valence-electron chi connectivity index (χ1n) is 6.49. The molecule has 0 amide bonds. The lowest BCUT2D eigenvalue weighted by molar-refractivity contribution is -0.0935. The molecule has 1 fully saturated rings. The number of hydrogen-bond donors (Lipinski definition) is 1. The zero-order valence-electron chi connectivity index (χ0n) is 10.8. The first-order valence-corrected chi connectivity index (χ1v) is 6.49. The molecule has 1 N–H and O–H groups in total. The van der Waals surface area contributed by atoms with E-state index < -0.39 is 0 Å². The predicted molar refractivity (Wildman–Crippen MR) is 65.1 cm³/mol. The molecule has 1 heterocycles. The Morgan fingerprint density at radius 1 is 1.44 bits per heavy atom. The van der Waals surface area contributed by atoms with Gasteiger partial charge in [0, 0.05) is 12.6 Å². The molecule has 0 aliphatic carbocycles. The van der Waals surface area contributed by atoms with Gasteiger partial charge in [0.1, 0.15) is 0 Å². The van der Waals surface area contributed by atoms with Crippen LogP contribution in [0.2, 0.25) is 0 Å². The van der Waals surface area contributed by atoms with Gasteiger partial charge in [-0.15, -0.1) is 0 Å². The van der Waals surface area contributed by atoms with Crippen molar-refractivity contribution < 1.29 is 4.74 Å². The standard InChI is InChI=1S/C13H24N2O/c1-4-11(10-14)15-12-7-8-16-13(5-2,6-3)9-12/h11-12,15H,4-9H2,1-3H3. The minimum Gasteiger partial charge on any atom is -0.375 e. The number of nitrogens with one attached hydrogen (secondary N) is 1. The van der Waals surface area contributed by atoms with Gasteiger partial charge in [-0.3, -0.25) is 5.32 Å². The maximum absolute atomic E-state index is 8.96. The maximum atomic E-state index is 8.96. The molecule has 3 heteroatoms. The summed E-state index contributed by atoms with van der Waals surface area (Å²) in [5.74, 6) is 0. The molecule has 0 aromatic carbocycles. The van der Waals surface area contributed by atoms with E-state index in [9.17, 15) is 0 Å². The number of nitriles is 1. The van der Waals surface area contributed by atoms with Crippen molar-refractivity contribution in [3.8, 4) is 6.07 Å². The Morgan fingerprint density at radius 3 is 2.62 bits per heavy atom. The molecule has 2 atom stereocenters. The molecule has 0 radical (unpaired) electrons. The number of rotatable bonds is 5. The first-order chi connectivity index (χ1) is 7.69. The Hall–Kier alpha value is -0.590. The highest BCUT2D eigenvalue weighted by Gasteiger charge is 2.34. The first kappa shape index (κ1) is 13.5. The van der Waals surface area contributed by atoms with Gasteiger partial charge in [-0.05, 0) is 32.1 Å². The molecule has 0 aromatic heterocycles. The highest BCUT2D eigenvalue weighted by Crippen LogP contribution is 2.31. The Kier molecular flexibility index (Phi) is 5.24. The van der Waals surface area contributed by atoms with E-state index in [1.54, 1.807) is 0 Å². The molecular formula is C13H24N2O. The molecule has 2 unspecified atom stereocenters. The minimum absolute atomic E-state index is 0.00508. The van der Waals surface area contributed by atoms with E-state index in [1.165, 1.54) is 0 Å². The van der Waals surface area contributed by atoms with E-state index in [2.05, 4.69) is 25.2 Å². The van der Waals surface area contributed by atoms with Crippen molar-refractivity contribution >= 4 is 0 Å². The van der Waals surface area contributed by atoms with Crippen LogP contribution in [0.5, 0.6) is 0 Å². The normalized spacial score (nSPS) is 26.0. The van der Waals surface area contributed by atoms with Crippen LogP contribution in [0.4, 0.5) is 0 Å². The molecular weight excluding hydrogens is 200 g/mol. The second kappa shape index (κ2) is 6.22. The van der Waals surface area contributed by atoms with Crippen LogP contribution in [0.1, 0.15) is 52.9 Å². The third-order valence-corrected chi connectivity index (χ3v) is 3.78. The molecule has 92 valence electrons. The highest BCUT2D eigenvalue weighted by atomic mass is 16.5. The summed E-state index contributed by atoms with van der Waals surface area (Å²) in [5.41, 5.74) is 0.0453. The molecule has 1 aliphatic heterocycles. The maximum Gasteiger partial charge on any atom is 0.0952 e. The fourth-order valence-electron chi connectivity index (χ4n) is 2.44. The fraction of sp³-hybridized carbons (Fsp3) is 0.923. The molecule has 16 heavy (non-hydrogen) atoms. The van der Waals surface area contributed by atoms with E-state index in [0.29, 0.717) is 6.04 Å². The van der Waals surface area contributed by atoms with Crippen LogP contribution in [0.15, 0.2) is 0 Å². The predicted octanol–water partition coefficient (Wildman–Crippen LogP) is 2.62. The van der Waals surface area contributed by atoms with Gasteiger partial charge in [0.15, 0.2) is 0 Å². The van der Waals surface area contributed by atoms with Crippen LogP contribution in [0, 0.1) is 11.3 Å². The zero-order valence-corrected chi connectivity index (χ0v) is 10.8. The van der Waals surface area contributed by atoms with Crippen molar-refractivity contribution in [3.05, 3.63) is 0 Å². The second-order valence-corrected chi connectivity index (χ2v) is 4.68. The van der Waals surface area contributed by atoms with Gasteiger partial charge in [0.25, 0.3) is 0 Å². The van der Waals surface area contributed by atoms with Gasteiger partial charge in [0.05, 0.1) is 17.7 Å². The van der Waals surface area contributed by atoms with Crippen LogP contribution in [-0.4, -0.2) is 24.3 Å². The number of nitrogens with zero attached hydrogens (tertiary/aromatic N) is 1. The lowest BCUT2D eigenvalue weighted by Crippen LogP contribution is -2.48. The van der Waals surface area contributed by atoms with Crippen LogP contribution < -0.4 is 5.32 Å². The van der Waals surface area contributed by atoms with Crippen LogP contribution in [0.25, 0.3) is 0 Å². The third kappa shape index (κ3) is 3.20. The van der Waals surface area contributed by atoms with Gasteiger partial charge in [-0.2, -0.15) is 5.26 Å². The summed E-state index contributed by atoms with van der Waals surface area (Å²) in [6.45, 7) is 7.25. The van der Waals surface area contributed by atoms with Crippen LogP contribution in [-0.2, 0) is 4.74 Å². The third-order valence-electron chi connectivity index (χ3n) is 3.78. The minimum atomic E-state index is -0.00508. The van der Waals surface area contributed by atoms with Crippen LogP contribution >= 0.6 is 0 Å². The lowest BCUT2D eigenvalue weighted by Gasteiger charge is -2.40. The van der Waals surface area contributed by atoms with Crippen molar-refractivity contribution in [2.45, 2.75) is 70.6 Å². The van der Waals surface area contributed by atoms with E-state index in [1.807, 2.05) is 6.92 Å². The Bertz CT molecular complexity index is 243. The molecule has 0 spiro atoms. The van der Waals surface area contributed by atoms with Gasteiger partial charge >= 0.3 is 0 Å². The second-order valence-electron chi connectivity index (χ2n) is 4.68. The summed E-state index contributed by atoms with van der Waals surface area (Å²) >= 11 is 0. The topological polar surface area (TPSA) is 45.0 Å². The smallest absolute Gasteiger partial charge is 0.0952 e. The summed E-state index contributed by atoms with van der Waals surface area (Å²) in [5, 5.41) is 12.4. The Labute approximate surface area is 99.2 Å². The average Bonchev–Trinajstić information content (AvgIpc) is 2.36. The van der Waals surface area contributed by atoms with Gasteiger partial charge in [0.2, 0.25) is 0 Å². The summed E-state index contributed by atoms with van der Waals surface area (Å²) < 4.78 is 5.92. The number of hydrogen-bond acceptors (Lipinski definition) is 3. The van der Waals surface area contributed by atoms with Crippen LogP contribution in [0.3, 0.4) is 0 Å². The monoisotopic (exact) mass is 224 g/mol. The van der Waals surface area contributed by atoms with Crippen molar-refractivity contribution in [3.63, 3.8) is 0 Å². The van der Waals surface area contributed by atoms with Crippen molar-refractivity contribution in [2.75, 3.05) is 6.61 Å². The average molecular weight is 224 g/mol. The molecule has 1 rings (SSSR count). The molecule has 0 aromatic rings. The van der Waals surface area contributed by atoms with Crippen molar-refractivity contribution in [2.24, 2.45) is 0 Å². The van der Waals surface area contributed by atoms with Gasteiger partial charge < -0.3 is 4.74 Å². The summed E-state index contributed by atoms with van der Waals surface area (Å²) in [4.78, 5) is 0. The Morgan fingerprint density at radius 2 is 2.12 bits per heavy atom. The molecule has 3 nitrogen and oxygen atoms in total. The highest BCUT2D eigenvalue weighted by molar-refractivity contribution is 4.95. The molecule has 0 bridgehead atoms. The number of ether oxygens (including phenoxy) is 1. The largest absolute Gasteiger partial charge is 0.375 e. The van der Waals surface area contributed by atoms with Gasteiger partial charge in [-0.25, -0.2) is 0 Å². The fourth-order valence-corrected chi connectivity index (χ4v) is 2.44. The summed E-state index contributed by atoms with van der Waals surface area (Å²) in [6, 6.07) is 2.75. The zero-order chi connectivity index (χ0) is 12.0. The Balaban J connectivity index is 2.53. The van der Waals surface area contributed by atoms with Crippen molar-refractivity contribution in [1.29, 1.82) is 5.26 Å². The SMILES string of the molecule is CCC(C#N)NC1CCOC(CC)(CC)C1. The van der Waals surface area contributed by atoms with Crippen molar-refractivity contribution in [1.82, 2.24) is 5.32 Å². The van der Waals surface area contributed by atoms with E-state index in [0.717, 1.165) is 38.7 Å². The summed E-state index contributed by atoms with van der Waals surface area (Å²) in [6.07, 6.45) is 5.06. The van der Waals surface area contributed by atoms with E-state index >= 15 is 0 Å². The molecule has 1 saturated heterocycles. The van der Waals surface area contributed by atoms with Gasteiger partial charge in [-0.1, -0.05) is 20.8 Å². The molecule has 1 aliphatic rings. The quantitative estimate of drug-likeness (QED) is 0.780. The van der Waals surface area contributed by atoms with E-state index in [-0.39, 0.29) is 11.6 Å². The summed E-state index contributed by atoms with van der Waals surface area (Å²) in [7, 11) is 0. The molecule has 0 saturated carbocycles.